The molecule has 0 aliphatic rings. The number of nitrogens with zero attached hydrogens (tertiary/aromatic N) is 4. The van der Waals surface area contributed by atoms with E-state index in [1.807, 2.05) is 49.6 Å². The molecule has 0 atom stereocenters. The van der Waals surface area contributed by atoms with E-state index in [4.69, 9.17) is 5.73 Å². The van der Waals surface area contributed by atoms with Crippen LogP contribution in [0.2, 0.25) is 0 Å². The van der Waals surface area contributed by atoms with Crippen molar-refractivity contribution < 1.29 is 0 Å². The van der Waals surface area contributed by atoms with E-state index in [0.717, 1.165) is 15.8 Å². The first-order valence-electron chi connectivity index (χ1n) is 7.83. The number of hydrogen-bond acceptors (Lipinski definition) is 5. The zero-order valence-electron chi connectivity index (χ0n) is 14.1. The first-order chi connectivity index (χ1) is 12.0. The average molecular weight is 340 g/mol. The largest absolute Gasteiger partial charge is 0.383 e. The maximum Gasteiger partial charge on any atom is 0.332 e. The Morgan fingerprint density at radius 2 is 1.84 bits per heavy atom. The van der Waals surface area contributed by atoms with Gasteiger partial charge in [0.25, 0.3) is 5.56 Å². The molecule has 3 rings (SSSR count). The second-order valence-corrected chi connectivity index (χ2v) is 5.81. The van der Waals surface area contributed by atoms with Crippen molar-refractivity contribution in [3.05, 3.63) is 74.7 Å². The fourth-order valence-corrected chi connectivity index (χ4v) is 2.60. The highest BCUT2D eigenvalue weighted by Gasteiger charge is 2.15. The van der Waals surface area contributed by atoms with Gasteiger partial charge >= 0.3 is 5.69 Å². The summed E-state index contributed by atoms with van der Waals surface area (Å²) < 4.78 is 4.12. The van der Waals surface area contributed by atoms with Gasteiger partial charge in [0, 0.05) is 20.3 Å². The Bertz CT molecular complexity index is 1000. The topological polar surface area (TPSA) is 99.9 Å². The third-order valence-corrected chi connectivity index (χ3v) is 3.98. The van der Waals surface area contributed by atoms with Crippen LogP contribution >= 0.6 is 0 Å². The fraction of sp³-hybridized carbons (Fsp3) is 0.235. The molecule has 3 aromatic rings. The number of nitrogens with two attached hydrogens (primary N) is 1. The summed E-state index contributed by atoms with van der Waals surface area (Å²) >= 11 is 0. The average Bonchev–Trinajstić information content (AvgIpc) is 3.03. The van der Waals surface area contributed by atoms with Gasteiger partial charge in [-0.1, -0.05) is 30.3 Å². The van der Waals surface area contributed by atoms with Gasteiger partial charge < -0.3 is 11.1 Å². The molecule has 2 aromatic heterocycles. The van der Waals surface area contributed by atoms with E-state index in [0.29, 0.717) is 6.54 Å². The lowest BCUT2D eigenvalue weighted by atomic mass is 10.2. The molecule has 8 heteroatoms. The second kappa shape index (κ2) is 6.68. The molecule has 0 amide bonds. The van der Waals surface area contributed by atoms with Crippen molar-refractivity contribution in [3.63, 3.8) is 0 Å². The van der Waals surface area contributed by atoms with Crippen LogP contribution < -0.4 is 22.3 Å². The molecule has 8 nitrogen and oxygen atoms in total. The minimum absolute atomic E-state index is 0.118. The van der Waals surface area contributed by atoms with Gasteiger partial charge in [-0.3, -0.25) is 18.6 Å². The molecule has 0 unspecified atom stereocenters. The van der Waals surface area contributed by atoms with E-state index in [1.165, 1.54) is 11.6 Å². The van der Waals surface area contributed by atoms with Gasteiger partial charge in [0.1, 0.15) is 11.5 Å². The van der Waals surface area contributed by atoms with Crippen LogP contribution in [-0.4, -0.2) is 18.9 Å². The van der Waals surface area contributed by atoms with Gasteiger partial charge in [-0.25, -0.2) is 4.79 Å². The zero-order chi connectivity index (χ0) is 18.0. The number of anilines is 2. The predicted molar refractivity (Wildman–Crippen MR) is 96.4 cm³/mol. The van der Waals surface area contributed by atoms with Crippen LogP contribution in [0.3, 0.4) is 0 Å². The summed E-state index contributed by atoms with van der Waals surface area (Å²) in [5, 5.41) is 7.26. The number of nitrogen functional groups attached to an aromatic ring is 1. The van der Waals surface area contributed by atoms with Crippen LogP contribution in [0.25, 0.3) is 0 Å². The smallest absolute Gasteiger partial charge is 0.332 e. The summed E-state index contributed by atoms with van der Waals surface area (Å²) in [6, 6.07) is 11.3. The maximum atomic E-state index is 12.4. The van der Waals surface area contributed by atoms with Crippen LogP contribution in [0, 0.1) is 0 Å². The highest BCUT2D eigenvalue weighted by atomic mass is 16.2. The van der Waals surface area contributed by atoms with Crippen molar-refractivity contribution in [3.8, 4) is 0 Å². The predicted octanol–water partition coefficient (Wildman–Crippen LogP) is 0.523. The number of nitrogens with one attached hydrogen (secondary N) is 1. The lowest BCUT2D eigenvalue weighted by molar-refractivity contribution is 0.656. The number of rotatable bonds is 5. The van der Waals surface area contributed by atoms with Crippen LogP contribution in [0.5, 0.6) is 0 Å². The molecule has 0 aliphatic carbocycles. The van der Waals surface area contributed by atoms with Gasteiger partial charge in [0.2, 0.25) is 0 Å². The molecule has 130 valence electrons. The molecular formula is C17H20N6O2. The van der Waals surface area contributed by atoms with Crippen molar-refractivity contribution in [1.82, 2.24) is 18.9 Å². The molecule has 25 heavy (non-hydrogen) atoms. The van der Waals surface area contributed by atoms with Crippen LogP contribution in [-0.2, 0) is 27.2 Å². The first kappa shape index (κ1) is 16.6. The molecule has 3 N–H and O–H groups in total. The highest BCUT2D eigenvalue weighted by Crippen LogP contribution is 2.13. The Hall–Kier alpha value is -3.29. The molecule has 2 heterocycles. The minimum Gasteiger partial charge on any atom is -0.383 e. The van der Waals surface area contributed by atoms with E-state index < -0.39 is 11.2 Å². The molecule has 0 fully saturated rings. The van der Waals surface area contributed by atoms with Gasteiger partial charge in [0.15, 0.2) is 0 Å². The molecule has 0 radical (unpaired) electrons. The summed E-state index contributed by atoms with van der Waals surface area (Å²) in [6.45, 7) is 0.627. The van der Waals surface area contributed by atoms with Gasteiger partial charge in [-0.2, -0.15) is 5.10 Å². The second-order valence-electron chi connectivity index (χ2n) is 5.81. The van der Waals surface area contributed by atoms with E-state index in [1.54, 1.807) is 4.68 Å². The van der Waals surface area contributed by atoms with E-state index in [2.05, 4.69) is 10.4 Å². The molecule has 1 aromatic carbocycles. The fourth-order valence-electron chi connectivity index (χ4n) is 2.60. The van der Waals surface area contributed by atoms with Crippen molar-refractivity contribution in [2.24, 2.45) is 14.1 Å². The van der Waals surface area contributed by atoms with Crippen LogP contribution in [0.1, 0.15) is 11.3 Å². The third-order valence-electron chi connectivity index (χ3n) is 3.98. The van der Waals surface area contributed by atoms with E-state index >= 15 is 0 Å². The monoisotopic (exact) mass is 340 g/mol. The van der Waals surface area contributed by atoms with Crippen molar-refractivity contribution >= 4 is 11.5 Å². The third kappa shape index (κ3) is 3.32. The highest BCUT2D eigenvalue weighted by molar-refractivity contribution is 5.60. The summed E-state index contributed by atoms with van der Waals surface area (Å²) in [7, 11) is 3.26. The Balaban J connectivity index is 1.97. The lowest BCUT2D eigenvalue weighted by Gasteiger charge is -2.16. The molecular weight excluding hydrogens is 320 g/mol. The van der Waals surface area contributed by atoms with E-state index in [9.17, 15) is 9.59 Å². The van der Waals surface area contributed by atoms with Crippen molar-refractivity contribution in [2.45, 2.75) is 13.1 Å². The number of benzene rings is 1. The van der Waals surface area contributed by atoms with Crippen LogP contribution in [0.15, 0.2) is 52.2 Å². The summed E-state index contributed by atoms with van der Waals surface area (Å²) in [4.78, 5) is 24.9. The number of aromatic nitrogens is 4. The number of aryl methyl sites for hydroxylation is 1. The molecule has 0 saturated heterocycles. The van der Waals surface area contributed by atoms with Gasteiger partial charge in [-0.15, -0.1) is 0 Å². The van der Waals surface area contributed by atoms with Crippen LogP contribution in [0.4, 0.5) is 11.5 Å². The quantitative estimate of drug-likeness (QED) is 0.705. The van der Waals surface area contributed by atoms with Gasteiger partial charge in [-0.05, 0) is 11.6 Å². The summed E-state index contributed by atoms with van der Waals surface area (Å²) in [5.41, 5.74) is 7.12. The molecule has 0 aliphatic heterocycles. The van der Waals surface area contributed by atoms with E-state index in [-0.39, 0.29) is 18.1 Å². The molecule has 0 saturated carbocycles. The molecule has 0 spiro atoms. The standard InChI is InChI=1S/C17H20N6O2/c1-21-9-8-13(20-21)10-19-14-15(18)23(17(25)22(2)16(14)24)11-12-6-4-3-5-7-12/h3-9,19H,10-11,18H2,1-2H3. The van der Waals surface area contributed by atoms with Crippen molar-refractivity contribution in [2.75, 3.05) is 11.1 Å². The first-order valence-corrected chi connectivity index (χ1v) is 7.83. The Morgan fingerprint density at radius 1 is 1.12 bits per heavy atom. The lowest BCUT2D eigenvalue weighted by Crippen LogP contribution is -2.41. The maximum absolute atomic E-state index is 12.4. The molecule has 0 bridgehead atoms. The zero-order valence-corrected chi connectivity index (χ0v) is 14.1. The number of hydrogen-bond donors (Lipinski definition) is 2. The Kier molecular flexibility index (Phi) is 4.42. The summed E-state index contributed by atoms with van der Waals surface area (Å²) in [6.07, 6.45) is 1.81. The SMILES string of the molecule is Cn1ccc(CNc2c(N)n(Cc3ccccc3)c(=O)n(C)c2=O)n1. The Morgan fingerprint density at radius 3 is 2.48 bits per heavy atom. The Labute approximate surface area is 144 Å². The minimum atomic E-state index is -0.456. The summed E-state index contributed by atoms with van der Waals surface area (Å²) in [5.74, 6) is 0.118. The normalized spacial score (nSPS) is 10.8. The van der Waals surface area contributed by atoms with Crippen molar-refractivity contribution in [1.29, 1.82) is 0 Å². The van der Waals surface area contributed by atoms with Gasteiger partial charge in [0.05, 0.1) is 18.8 Å².